The quantitative estimate of drug-likeness (QED) is 0.913. The van der Waals surface area contributed by atoms with Gasteiger partial charge in [0.2, 0.25) is 5.91 Å². The largest absolute Gasteiger partial charge is 0.355 e. The second kappa shape index (κ2) is 6.43. The standard InChI is InChI=1S/C14H15FN2OS/c1-10-9-19-14(17-10)8-13(18)16-7-6-11-2-4-12(15)5-3-11/h2-5,9H,6-8H2,1H3,(H,16,18). The number of amides is 1. The molecule has 2 rings (SSSR count). The molecule has 0 unspecified atom stereocenters. The first-order chi connectivity index (χ1) is 9.13. The van der Waals surface area contributed by atoms with E-state index in [0.29, 0.717) is 19.4 Å². The van der Waals surface area contributed by atoms with E-state index in [2.05, 4.69) is 10.3 Å². The van der Waals surface area contributed by atoms with Gasteiger partial charge in [0, 0.05) is 17.6 Å². The van der Waals surface area contributed by atoms with E-state index < -0.39 is 0 Å². The summed E-state index contributed by atoms with van der Waals surface area (Å²) in [6.07, 6.45) is 1.02. The van der Waals surface area contributed by atoms with E-state index in [1.165, 1.54) is 23.5 Å². The van der Waals surface area contributed by atoms with Crippen molar-refractivity contribution in [3.05, 3.63) is 51.7 Å². The number of carbonyl (C=O) groups is 1. The molecule has 3 nitrogen and oxygen atoms in total. The Kier molecular flexibility index (Phi) is 4.63. The fourth-order valence-corrected chi connectivity index (χ4v) is 2.45. The maximum Gasteiger partial charge on any atom is 0.226 e. The summed E-state index contributed by atoms with van der Waals surface area (Å²) < 4.78 is 12.7. The Labute approximate surface area is 115 Å². The van der Waals surface area contributed by atoms with Crippen molar-refractivity contribution in [2.45, 2.75) is 19.8 Å². The Balaban J connectivity index is 1.73. The van der Waals surface area contributed by atoms with E-state index in [9.17, 15) is 9.18 Å². The van der Waals surface area contributed by atoms with Gasteiger partial charge < -0.3 is 5.32 Å². The zero-order valence-corrected chi connectivity index (χ0v) is 11.5. The maximum absolute atomic E-state index is 12.7. The molecule has 0 aliphatic carbocycles. The number of hydrogen-bond acceptors (Lipinski definition) is 3. The van der Waals surface area contributed by atoms with Crippen LogP contribution in [-0.2, 0) is 17.6 Å². The lowest BCUT2D eigenvalue weighted by atomic mass is 10.1. The molecule has 2 aromatic rings. The van der Waals surface area contributed by atoms with Crippen LogP contribution in [0.1, 0.15) is 16.3 Å². The van der Waals surface area contributed by atoms with E-state index in [0.717, 1.165) is 16.3 Å². The minimum atomic E-state index is -0.244. The van der Waals surface area contributed by atoms with Crippen LogP contribution in [0, 0.1) is 12.7 Å². The zero-order chi connectivity index (χ0) is 13.7. The number of benzene rings is 1. The lowest BCUT2D eigenvalue weighted by Crippen LogP contribution is -2.27. The van der Waals surface area contributed by atoms with Gasteiger partial charge >= 0.3 is 0 Å². The molecule has 0 radical (unpaired) electrons. The van der Waals surface area contributed by atoms with Crippen LogP contribution in [-0.4, -0.2) is 17.4 Å². The fraction of sp³-hybridized carbons (Fsp3) is 0.286. The van der Waals surface area contributed by atoms with Crippen LogP contribution in [0.2, 0.25) is 0 Å². The number of aromatic nitrogens is 1. The zero-order valence-electron chi connectivity index (χ0n) is 10.6. The first-order valence-electron chi connectivity index (χ1n) is 6.05. The first kappa shape index (κ1) is 13.7. The van der Waals surface area contributed by atoms with Crippen molar-refractivity contribution in [3.63, 3.8) is 0 Å². The van der Waals surface area contributed by atoms with Gasteiger partial charge in [0.15, 0.2) is 0 Å². The SMILES string of the molecule is Cc1csc(CC(=O)NCCc2ccc(F)cc2)n1. The monoisotopic (exact) mass is 278 g/mol. The average Bonchev–Trinajstić information content (AvgIpc) is 2.77. The lowest BCUT2D eigenvalue weighted by Gasteiger charge is -2.04. The number of nitrogens with one attached hydrogen (secondary N) is 1. The molecule has 0 atom stereocenters. The van der Waals surface area contributed by atoms with E-state index in [1.807, 2.05) is 12.3 Å². The normalized spacial score (nSPS) is 10.4. The molecule has 1 N–H and O–H groups in total. The first-order valence-corrected chi connectivity index (χ1v) is 6.93. The molecule has 0 fully saturated rings. The number of hydrogen-bond donors (Lipinski definition) is 1. The molecule has 1 amide bonds. The molecule has 1 aromatic heterocycles. The van der Waals surface area contributed by atoms with Crippen LogP contribution >= 0.6 is 11.3 Å². The van der Waals surface area contributed by atoms with Crippen molar-refractivity contribution in [1.82, 2.24) is 10.3 Å². The van der Waals surface area contributed by atoms with E-state index >= 15 is 0 Å². The lowest BCUT2D eigenvalue weighted by molar-refractivity contribution is -0.120. The van der Waals surface area contributed by atoms with Gasteiger partial charge in [0.05, 0.1) is 6.42 Å². The molecular formula is C14H15FN2OS. The van der Waals surface area contributed by atoms with Gasteiger partial charge in [-0.25, -0.2) is 9.37 Å². The summed E-state index contributed by atoms with van der Waals surface area (Å²) in [5.74, 6) is -0.275. The molecule has 5 heteroatoms. The summed E-state index contributed by atoms with van der Waals surface area (Å²) >= 11 is 1.50. The predicted octanol–water partition coefficient (Wildman–Crippen LogP) is 2.49. The summed E-state index contributed by atoms with van der Waals surface area (Å²) in [5, 5.41) is 5.60. The number of thiazole rings is 1. The topological polar surface area (TPSA) is 42.0 Å². The van der Waals surface area contributed by atoms with Crippen LogP contribution < -0.4 is 5.32 Å². The summed E-state index contributed by atoms with van der Waals surface area (Å²) in [7, 11) is 0. The summed E-state index contributed by atoms with van der Waals surface area (Å²) in [5.41, 5.74) is 1.95. The maximum atomic E-state index is 12.7. The molecule has 0 aliphatic heterocycles. The summed E-state index contributed by atoms with van der Waals surface area (Å²) in [6.45, 7) is 2.46. The Hall–Kier alpha value is -1.75. The molecule has 0 aliphatic rings. The molecule has 19 heavy (non-hydrogen) atoms. The minimum Gasteiger partial charge on any atom is -0.355 e. The molecule has 100 valence electrons. The molecule has 0 bridgehead atoms. The second-order valence-electron chi connectivity index (χ2n) is 4.29. The minimum absolute atomic E-state index is 0.0311. The number of nitrogens with zero attached hydrogens (tertiary/aromatic N) is 1. The van der Waals surface area contributed by atoms with Gasteiger partial charge in [-0.3, -0.25) is 4.79 Å². The van der Waals surface area contributed by atoms with Crippen molar-refractivity contribution in [3.8, 4) is 0 Å². The van der Waals surface area contributed by atoms with Crippen molar-refractivity contribution in [1.29, 1.82) is 0 Å². The van der Waals surface area contributed by atoms with Gasteiger partial charge in [-0.2, -0.15) is 0 Å². The van der Waals surface area contributed by atoms with Crippen molar-refractivity contribution in [2.24, 2.45) is 0 Å². The second-order valence-corrected chi connectivity index (χ2v) is 5.23. The highest BCUT2D eigenvalue weighted by atomic mass is 32.1. The summed E-state index contributed by atoms with van der Waals surface area (Å²) in [6, 6.07) is 6.31. The molecular weight excluding hydrogens is 263 g/mol. The van der Waals surface area contributed by atoms with Crippen molar-refractivity contribution < 1.29 is 9.18 Å². The van der Waals surface area contributed by atoms with Gasteiger partial charge in [-0.05, 0) is 31.0 Å². The van der Waals surface area contributed by atoms with E-state index in [4.69, 9.17) is 0 Å². The Bertz CT molecular complexity index is 551. The van der Waals surface area contributed by atoms with Crippen LogP contribution in [0.25, 0.3) is 0 Å². The number of carbonyl (C=O) groups excluding carboxylic acids is 1. The predicted molar refractivity (Wildman–Crippen MR) is 73.7 cm³/mol. The Morgan fingerprint density at radius 1 is 1.37 bits per heavy atom. The van der Waals surface area contributed by atoms with Crippen LogP contribution in [0.3, 0.4) is 0 Å². The van der Waals surface area contributed by atoms with E-state index in [1.54, 1.807) is 12.1 Å². The molecule has 1 aromatic carbocycles. The molecule has 0 spiro atoms. The molecule has 0 saturated carbocycles. The number of rotatable bonds is 5. The van der Waals surface area contributed by atoms with Crippen LogP contribution in [0.15, 0.2) is 29.6 Å². The van der Waals surface area contributed by atoms with Gasteiger partial charge in [-0.15, -0.1) is 11.3 Å². The van der Waals surface area contributed by atoms with Crippen LogP contribution in [0.5, 0.6) is 0 Å². The Morgan fingerprint density at radius 2 is 2.11 bits per heavy atom. The van der Waals surface area contributed by atoms with Crippen LogP contribution in [0.4, 0.5) is 4.39 Å². The highest BCUT2D eigenvalue weighted by Gasteiger charge is 2.06. The fourth-order valence-electron chi connectivity index (χ4n) is 1.68. The number of aryl methyl sites for hydroxylation is 1. The third kappa shape index (κ3) is 4.44. The van der Waals surface area contributed by atoms with E-state index in [-0.39, 0.29) is 11.7 Å². The molecule has 0 saturated heterocycles. The Morgan fingerprint density at radius 3 is 2.74 bits per heavy atom. The van der Waals surface area contributed by atoms with Gasteiger partial charge in [0.25, 0.3) is 0 Å². The van der Waals surface area contributed by atoms with Gasteiger partial charge in [-0.1, -0.05) is 12.1 Å². The van der Waals surface area contributed by atoms with Gasteiger partial charge in [0.1, 0.15) is 10.8 Å². The van der Waals surface area contributed by atoms with Crippen molar-refractivity contribution >= 4 is 17.2 Å². The average molecular weight is 278 g/mol. The highest BCUT2D eigenvalue weighted by molar-refractivity contribution is 7.09. The third-order valence-electron chi connectivity index (χ3n) is 2.63. The third-order valence-corrected chi connectivity index (χ3v) is 3.59. The van der Waals surface area contributed by atoms with Crippen molar-refractivity contribution in [2.75, 3.05) is 6.54 Å². The summed E-state index contributed by atoms with van der Waals surface area (Å²) in [4.78, 5) is 15.9. The smallest absolute Gasteiger partial charge is 0.226 e. The highest BCUT2D eigenvalue weighted by Crippen LogP contribution is 2.09. The molecule has 1 heterocycles. The number of halogens is 1.